The number of carbonyl (C=O) groups is 1. The van der Waals surface area contributed by atoms with Crippen LogP contribution in [-0.2, 0) is 22.6 Å². The summed E-state index contributed by atoms with van der Waals surface area (Å²) in [6.07, 6.45) is 3.28. The van der Waals surface area contributed by atoms with Crippen LogP contribution in [0.2, 0.25) is 0 Å². The van der Waals surface area contributed by atoms with Gasteiger partial charge in [-0.1, -0.05) is 48.5 Å². The maximum atomic E-state index is 12.7. The second-order valence-corrected chi connectivity index (χ2v) is 6.04. The van der Waals surface area contributed by atoms with Crippen molar-refractivity contribution in [2.45, 2.75) is 25.4 Å². The van der Waals surface area contributed by atoms with E-state index < -0.39 is 0 Å². The van der Waals surface area contributed by atoms with Gasteiger partial charge in [0.1, 0.15) is 6.61 Å². The Bertz CT molecular complexity index is 789. The van der Waals surface area contributed by atoms with Crippen molar-refractivity contribution in [3.8, 4) is 6.07 Å². The molecule has 0 saturated heterocycles. The first-order valence-corrected chi connectivity index (χ1v) is 8.08. The van der Waals surface area contributed by atoms with Crippen molar-refractivity contribution in [1.29, 1.82) is 5.26 Å². The Balaban J connectivity index is 1.83. The maximum Gasteiger partial charge on any atom is 0.314 e. The molecule has 0 radical (unpaired) electrons. The molecule has 0 spiro atoms. The van der Waals surface area contributed by atoms with Crippen LogP contribution in [0.25, 0.3) is 0 Å². The van der Waals surface area contributed by atoms with Crippen LogP contribution < -0.4 is 0 Å². The maximum absolute atomic E-state index is 12.7. The first-order chi connectivity index (χ1) is 11.7. The highest BCUT2D eigenvalue weighted by atomic mass is 16.5. The number of ether oxygens (including phenoxy) is 1. The number of rotatable bonds is 5. The highest BCUT2D eigenvalue weighted by molar-refractivity contribution is 5.81. The van der Waals surface area contributed by atoms with Gasteiger partial charge >= 0.3 is 5.97 Å². The molecule has 3 heteroatoms. The van der Waals surface area contributed by atoms with Gasteiger partial charge in [0, 0.05) is 0 Å². The van der Waals surface area contributed by atoms with E-state index in [0.29, 0.717) is 5.56 Å². The molecule has 0 N–H and O–H groups in total. The minimum Gasteiger partial charge on any atom is -0.460 e. The zero-order chi connectivity index (χ0) is 16.9. The van der Waals surface area contributed by atoms with E-state index in [-0.39, 0.29) is 24.4 Å². The third-order valence-corrected chi connectivity index (χ3v) is 4.55. The predicted molar refractivity (Wildman–Crippen MR) is 92.1 cm³/mol. The van der Waals surface area contributed by atoms with E-state index >= 15 is 0 Å². The van der Waals surface area contributed by atoms with Crippen LogP contribution >= 0.6 is 0 Å². The summed E-state index contributed by atoms with van der Waals surface area (Å²) < 4.78 is 5.56. The highest BCUT2D eigenvalue weighted by Gasteiger charge is 2.39. The number of hydrogen-bond donors (Lipinski definition) is 0. The van der Waals surface area contributed by atoms with Gasteiger partial charge < -0.3 is 4.74 Å². The van der Waals surface area contributed by atoms with Crippen LogP contribution in [0.3, 0.4) is 0 Å². The Morgan fingerprint density at radius 1 is 1.25 bits per heavy atom. The van der Waals surface area contributed by atoms with Crippen molar-refractivity contribution in [3.63, 3.8) is 0 Å². The molecule has 2 aromatic rings. The standard InChI is InChI=1S/C21H19NO2/c1-2-7-16-12-19-17(13-22)10-6-11-18(19)20(16)21(23)24-14-15-8-4-3-5-9-15/h2-6,8-11,16,20H,1,7,12,14H2. The molecule has 2 unspecified atom stereocenters. The second-order valence-electron chi connectivity index (χ2n) is 6.04. The number of allylic oxidation sites excluding steroid dienone is 1. The average Bonchev–Trinajstić information content (AvgIpc) is 2.99. The van der Waals surface area contributed by atoms with Crippen molar-refractivity contribution in [1.82, 2.24) is 0 Å². The molecule has 24 heavy (non-hydrogen) atoms. The number of hydrogen-bond acceptors (Lipinski definition) is 3. The van der Waals surface area contributed by atoms with E-state index in [1.807, 2.05) is 54.6 Å². The van der Waals surface area contributed by atoms with Gasteiger partial charge in [-0.25, -0.2) is 0 Å². The molecule has 0 bridgehead atoms. The largest absolute Gasteiger partial charge is 0.460 e. The fraction of sp³-hybridized carbons (Fsp3) is 0.238. The van der Waals surface area contributed by atoms with E-state index in [2.05, 4.69) is 12.6 Å². The van der Waals surface area contributed by atoms with Crippen LogP contribution in [0.15, 0.2) is 61.2 Å². The van der Waals surface area contributed by atoms with Gasteiger partial charge in [-0.3, -0.25) is 4.79 Å². The number of benzene rings is 2. The summed E-state index contributed by atoms with van der Waals surface area (Å²) in [6, 6.07) is 17.5. The summed E-state index contributed by atoms with van der Waals surface area (Å²) in [5.74, 6) is -0.440. The third-order valence-electron chi connectivity index (χ3n) is 4.55. The number of esters is 1. The molecule has 3 nitrogen and oxygen atoms in total. The SMILES string of the molecule is C=CCC1Cc2c(C#N)cccc2C1C(=O)OCc1ccccc1. The molecule has 1 aliphatic rings. The Labute approximate surface area is 142 Å². The van der Waals surface area contributed by atoms with Gasteiger partial charge in [-0.05, 0) is 41.5 Å². The normalized spacial score (nSPS) is 18.5. The molecule has 2 atom stereocenters. The zero-order valence-electron chi connectivity index (χ0n) is 13.4. The lowest BCUT2D eigenvalue weighted by Gasteiger charge is -2.18. The summed E-state index contributed by atoms with van der Waals surface area (Å²) in [6.45, 7) is 4.07. The molecule has 1 aliphatic carbocycles. The van der Waals surface area contributed by atoms with E-state index in [1.165, 1.54) is 0 Å². The number of nitrogens with zero attached hydrogens (tertiary/aromatic N) is 1. The minimum absolute atomic E-state index is 0.107. The summed E-state index contributed by atoms with van der Waals surface area (Å²) in [7, 11) is 0. The van der Waals surface area contributed by atoms with Gasteiger partial charge in [-0.15, -0.1) is 6.58 Å². The number of fused-ring (bicyclic) bond motifs is 1. The predicted octanol–water partition coefficient (Wildman–Crippen LogP) is 4.13. The van der Waals surface area contributed by atoms with Crippen LogP contribution in [-0.4, -0.2) is 5.97 Å². The fourth-order valence-electron chi connectivity index (χ4n) is 3.43. The summed E-state index contributed by atoms with van der Waals surface area (Å²) in [5.41, 5.74) is 3.53. The van der Waals surface area contributed by atoms with Gasteiger partial charge in [0.25, 0.3) is 0 Å². The lowest BCUT2D eigenvalue weighted by atomic mass is 9.90. The van der Waals surface area contributed by atoms with Crippen molar-refractivity contribution >= 4 is 5.97 Å². The third kappa shape index (κ3) is 3.09. The first-order valence-electron chi connectivity index (χ1n) is 8.08. The van der Waals surface area contributed by atoms with Gasteiger partial charge in [0.15, 0.2) is 0 Å². The minimum atomic E-state index is -0.324. The van der Waals surface area contributed by atoms with Crippen LogP contribution in [0.4, 0.5) is 0 Å². The van der Waals surface area contributed by atoms with E-state index in [1.54, 1.807) is 0 Å². The molecule has 0 amide bonds. The van der Waals surface area contributed by atoms with Crippen LogP contribution in [0, 0.1) is 17.2 Å². The summed E-state index contributed by atoms with van der Waals surface area (Å²) >= 11 is 0. The second kappa shape index (κ2) is 7.14. The van der Waals surface area contributed by atoms with Gasteiger partial charge in [-0.2, -0.15) is 5.26 Å². The molecule has 0 heterocycles. The monoisotopic (exact) mass is 317 g/mol. The Hall–Kier alpha value is -2.86. The van der Waals surface area contributed by atoms with E-state index in [4.69, 9.17) is 4.74 Å². The van der Waals surface area contributed by atoms with Crippen molar-refractivity contribution < 1.29 is 9.53 Å². The first kappa shape index (κ1) is 16.0. The van der Waals surface area contributed by atoms with E-state index in [9.17, 15) is 10.1 Å². The zero-order valence-corrected chi connectivity index (χ0v) is 13.4. The Kier molecular flexibility index (Phi) is 4.77. The Morgan fingerprint density at radius 3 is 2.75 bits per heavy atom. The molecule has 3 rings (SSSR count). The molecule has 2 aromatic carbocycles. The molecule has 0 saturated carbocycles. The van der Waals surface area contributed by atoms with Crippen molar-refractivity contribution in [2.75, 3.05) is 0 Å². The van der Waals surface area contributed by atoms with Crippen LogP contribution in [0.1, 0.15) is 34.6 Å². The molecule has 0 aromatic heterocycles. The Morgan fingerprint density at radius 2 is 2.04 bits per heavy atom. The summed E-state index contributed by atoms with van der Waals surface area (Å²) in [5, 5.41) is 9.31. The van der Waals surface area contributed by atoms with Crippen LogP contribution in [0.5, 0.6) is 0 Å². The average molecular weight is 317 g/mol. The summed E-state index contributed by atoms with van der Waals surface area (Å²) in [4.78, 5) is 12.7. The molecular weight excluding hydrogens is 298 g/mol. The van der Waals surface area contributed by atoms with Gasteiger partial charge in [0.2, 0.25) is 0 Å². The molecule has 120 valence electrons. The van der Waals surface area contributed by atoms with Gasteiger partial charge in [0.05, 0.1) is 17.6 Å². The smallest absolute Gasteiger partial charge is 0.314 e. The number of nitriles is 1. The lowest BCUT2D eigenvalue weighted by molar-refractivity contribution is -0.148. The molecular formula is C21H19NO2. The lowest BCUT2D eigenvalue weighted by Crippen LogP contribution is -2.20. The molecule has 0 fully saturated rings. The van der Waals surface area contributed by atoms with Crippen molar-refractivity contribution in [3.05, 3.63) is 83.4 Å². The van der Waals surface area contributed by atoms with Crippen molar-refractivity contribution in [2.24, 2.45) is 5.92 Å². The number of carbonyl (C=O) groups excluding carboxylic acids is 1. The molecule has 0 aliphatic heterocycles. The highest BCUT2D eigenvalue weighted by Crippen LogP contribution is 2.42. The van der Waals surface area contributed by atoms with E-state index in [0.717, 1.165) is 29.5 Å². The topological polar surface area (TPSA) is 50.1 Å². The quantitative estimate of drug-likeness (QED) is 0.615. The fourth-order valence-corrected chi connectivity index (χ4v) is 3.43.